The van der Waals surface area contributed by atoms with Gasteiger partial charge in [-0.2, -0.15) is 0 Å². The van der Waals surface area contributed by atoms with Crippen LogP contribution in [0.1, 0.15) is 33.6 Å². The van der Waals surface area contributed by atoms with Gasteiger partial charge in [0.1, 0.15) is 0 Å². The third-order valence-electron chi connectivity index (χ3n) is 3.39. The summed E-state index contributed by atoms with van der Waals surface area (Å²) in [7, 11) is -0.969. The molecule has 0 aliphatic heterocycles. The van der Waals surface area contributed by atoms with E-state index in [0.717, 1.165) is 24.3 Å². The molecule has 0 heterocycles. The Morgan fingerprint density at radius 1 is 1.26 bits per heavy atom. The minimum atomic E-state index is -0.969. The zero-order chi connectivity index (χ0) is 14.3. The fourth-order valence-electron chi connectivity index (χ4n) is 1.88. The molecule has 0 saturated carbocycles. The Labute approximate surface area is 124 Å². The summed E-state index contributed by atoms with van der Waals surface area (Å²) in [5.41, 5.74) is 0. The summed E-state index contributed by atoms with van der Waals surface area (Å²) < 4.78 is 12.4. The average Bonchev–Trinajstić information content (AvgIpc) is 2.43. The van der Waals surface area contributed by atoms with Crippen molar-refractivity contribution >= 4 is 22.4 Å². The number of hydrogen-bond acceptors (Lipinski definition) is 2. The molecule has 3 unspecified atom stereocenters. The maximum absolute atomic E-state index is 12.4. The minimum Gasteiger partial charge on any atom is -0.313 e. The van der Waals surface area contributed by atoms with E-state index < -0.39 is 10.8 Å². The van der Waals surface area contributed by atoms with Crippen molar-refractivity contribution in [3.63, 3.8) is 0 Å². The lowest BCUT2D eigenvalue weighted by atomic mass is 10.0. The Hall–Kier alpha value is -0.380. The molecule has 0 aliphatic rings. The molecule has 0 aromatic heterocycles. The van der Waals surface area contributed by atoms with E-state index in [0.29, 0.717) is 22.7 Å². The molecule has 1 aromatic rings. The monoisotopic (exact) mass is 301 g/mol. The maximum Gasteiger partial charge on any atom is 0.0545 e. The zero-order valence-corrected chi connectivity index (χ0v) is 13.6. The van der Waals surface area contributed by atoms with Gasteiger partial charge < -0.3 is 5.32 Å². The Balaban J connectivity index is 2.66. The van der Waals surface area contributed by atoms with Crippen molar-refractivity contribution in [3.05, 3.63) is 29.3 Å². The average molecular weight is 302 g/mol. The first-order valence-corrected chi connectivity index (χ1v) is 8.65. The SMILES string of the molecule is CCCNC(CS(=O)c1ccc(Cl)cc1)C(C)CC. The van der Waals surface area contributed by atoms with Crippen molar-refractivity contribution < 1.29 is 4.21 Å². The van der Waals surface area contributed by atoms with E-state index >= 15 is 0 Å². The number of nitrogens with one attached hydrogen (secondary N) is 1. The van der Waals surface area contributed by atoms with E-state index in [4.69, 9.17) is 11.6 Å². The Morgan fingerprint density at radius 2 is 1.89 bits per heavy atom. The van der Waals surface area contributed by atoms with Crippen LogP contribution in [0.15, 0.2) is 29.2 Å². The molecule has 0 aliphatic carbocycles. The van der Waals surface area contributed by atoms with Gasteiger partial charge in [0.15, 0.2) is 0 Å². The van der Waals surface area contributed by atoms with Gasteiger partial charge in [-0.3, -0.25) is 4.21 Å². The van der Waals surface area contributed by atoms with Gasteiger partial charge in [-0.05, 0) is 43.1 Å². The maximum atomic E-state index is 12.4. The molecule has 2 nitrogen and oxygen atoms in total. The lowest BCUT2D eigenvalue weighted by molar-refractivity contribution is 0.394. The Bertz CT molecular complexity index is 394. The highest BCUT2D eigenvalue weighted by Gasteiger charge is 2.18. The van der Waals surface area contributed by atoms with Crippen LogP contribution in [-0.4, -0.2) is 22.5 Å². The molecule has 1 rings (SSSR count). The third-order valence-corrected chi connectivity index (χ3v) is 5.11. The van der Waals surface area contributed by atoms with Crippen LogP contribution in [0.5, 0.6) is 0 Å². The molecule has 0 fully saturated rings. The number of rotatable bonds is 8. The van der Waals surface area contributed by atoms with Crippen molar-refractivity contribution in [2.75, 3.05) is 12.3 Å². The Kier molecular flexibility index (Phi) is 7.66. The van der Waals surface area contributed by atoms with E-state index in [1.807, 2.05) is 12.1 Å². The van der Waals surface area contributed by atoms with E-state index in [-0.39, 0.29) is 0 Å². The zero-order valence-electron chi connectivity index (χ0n) is 12.0. The van der Waals surface area contributed by atoms with Crippen molar-refractivity contribution in [2.45, 2.75) is 44.6 Å². The fraction of sp³-hybridized carbons (Fsp3) is 0.600. The van der Waals surface area contributed by atoms with Crippen LogP contribution in [0.25, 0.3) is 0 Å². The van der Waals surface area contributed by atoms with Gasteiger partial charge >= 0.3 is 0 Å². The molecular weight excluding hydrogens is 278 g/mol. The first kappa shape index (κ1) is 16.7. The van der Waals surface area contributed by atoms with Gasteiger partial charge in [-0.25, -0.2) is 0 Å². The normalized spacial score (nSPS) is 16.0. The summed E-state index contributed by atoms with van der Waals surface area (Å²) in [6, 6.07) is 7.61. The van der Waals surface area contributed by atoms with Crippen molar-refractivity contribution in [2.24, 2.45) is 5.92 Å². The third kappa shape index (κ3) is 5.64. The summed E-state index contributed by atoms with van der Waals surface area (Å²) in [5, 5.41) is 4.20. The molecule has 0 saturated heterocycles. The molecule has 0 bridgehead atoms. The van der Waals surface area contributed by atoms with Gasteiger partial charge in [-0.1, -0.05) is 38.8 Å². The second-order valence-electron chi connectivity index (χ2n) is 4.91. The van der Waals surface area contributed by atoms with Crippen LogP contribution < -0.4 is 5.32 Å². The first-order chi connectivity index (χ1) is 9.08. The molecule has 108 valence electrons. The second kappa shape index (κ2) is 8.72. The van der Waals surface area contributed by atoms with E-state index in [1.165, 1.54) is 0 Å². The highest BCUT2D eigenvalue weighted by atomic mass is 35.5. The summed E-state index contributed by atoms with van der Waals surface area (Å²) in [6.07, 6.45) is 2.19. The van der Waals surface area contributed by atoms with E-state index in [9.17, 15) is 4.21 Å². The van der Waals surface area contributed by atoms with Gasteiger partial charge in [0.05, 0.1) is 10.8 Å². The smallest absolute Gasteiger partial charge is 0.0545 e. The molecular formula is C15H24ClNOS. The summed E-state index contributed by atoms with van der Waals surface area (Å²) in [5.74, 6) is 1.19. The minimum absolute atomic E-state index is 0.307. The van der Waals surface area contributed by atoms with Gasteiger partial charge in [0, 0.05) is 21.7 Å². The fourth-order valence-corrected chi connectivity index (χ4v) is 3.41. The molecule has 0 amide bonds. The number of halogens is 1. The van der Waals surface area contributed by atoms with Gasteiger partial charge in [0.2, 0.25) is 0 Å². The quantitative estimate of drug-likeness (QED) is 0.790. The van der Waals surface area contributed by atoms with Crippen LogP contribution in [0.3, 0.4) is 0 Å². The molecule has 1 aromatic carbocycles. The first-order valence-electron chi connectivity index (χ1n) is 6.95. The second-order valence-corrected chi connectivity index (χ2v) is 6.84. The highest BCUT2D eigenvalue weighted by molar-refractivity contribution is 7.85. The van der Waals surface area contributed by atoms with Crippen LogP contribution in [0.2, 0.25) is 5.02 Å². The number of hydrogen-bond donors (Lipinski definition) is 1. The lowest BCUT2D eigenvalue weighted by Crippen LogP contribution is -2.39. The molecule has 0 spiro atoms. The highest BCUT2D eigenvalue weighted by Crippen LogP contribution is 2.16. The largest absolute Gasteiger partial charge is 0.313 e. The standard InChI is InChI=1S/C15H24ClNOS/c1-4-10-17-15(12(3)5-2)11-19(18)14-8-6-13(16)7-9-14/h6-9,12,15,17H,4-5,10-11H2,1-3H3. The van der Waals surface area contributed by atoms with Crippen LogP contribution >= 0.6 is 11.6 Å². The van der Waals surface area contributed by atoms with Crippen molar-refractivity contribution in [1.82, 2.24) is 5.32 Å². The van der Waals surface area contributed by atoms with Crippen LogP contribution in [0.4, 0.5) is 0 Å². The Morgan fingerprint density at radius 3 is 2.42 bits per heavy atom. The molecule has 3 atom stereocenters. The van der Waals surface area contributed by atoms with Crippen molar-refractivity contribution in [1.29, 1.82) is 0 Å². The molecule has 19 heavy (non-hydrogen) atoms. The lowest BCUT2D eigenvalue weighted by Gasteiger charge is -2.24. The predicted octanol–water partition coefficient (Wildman–Crippen LogP) is 3.86. The summed E-state index contributed by atoms with van der Waals surface area (Å²) >= 11 is 5.85. The summed E-state index contributed by atoms with van der Waals surface area (Å²) in [6.45, 7) is 7.52. The van der Waals surface area contributed by atoms with Gasteiger partial charge in [0.25, 0.3) is 0 Å². The predicted molar refractivity (Wildman–Crippen MR) is 84.3 cm³/mol. The van der Waals surface area contributed by atoms with E-state index in [2.05, 4.69) is 26.1 Å². The topological polar surface area (TPSA) is 29.1 Å². The van der Waals surface area contributed by atoms with Crippen LogP contribution in [0, 0.1) is 5.92 Å². The molecule has 1 N–H and O–H groups in total. The van der Waals surface area contributed by atoms with Crippen molar-refractivity contribution in [3.8, 4) is 0 Å². The molecule has 4 heteroatoms. The number of benzene rings is 1. The summed E-state index contributed by atoms with van der Waals surface area (Å²) in [4.78, 5) is 0.857. The van der Waals surface area contributed by atoms with Gasteiger partial charge in [-0.15, -0.1) is 0 Å². The van der Waals surface area contributed by atoms with Crippen LogP contribution in [-0.2, 0) is 10.8 Å². The van der Waals surface area contributed by atoms with E-state index in [1.54, 1.807) is 12.1 Å². The molecule has 0 radical (unpaired) electrons.